The zero-order chi connectivity index (χ0) is 14.0. The molecule has 0 fully saturated rings. The zero-order valence-electron chi connectivity index (χ0n) is 10.5. The lowest BCUT2D eigenvalue weighted by molar-refractivity contribution is 0.389. The van der Waals surface area contributed by atoms with Gasteiger partial charge in [0.25, 0.3) is 10.0 Å². The van der Waals surface area contributed by atoms with Gasteiger partial charge in [0.05, 0.1) is 3.79 Å². The largest absolute Gasteiger partial charge is 0.252 e. The molecule has 0 aliphatic rings. The third kappa shape index (κ3) is 3.46. The van der Waals surface area contributed by atoms with E-state index in [9.17, 15) is 8.42 Å². The van der Waals surface area contributed by atoms with Crippen LogP contribution in [0.25, 0.3) is 0 Å². The molecule has 0 aliphatic heterocycles. The highest BCUT2D eigenvalue weighted by Gasteiger charge is 2.26. The fourth-order valence-electron chi connectivity index (χ4n) is 1.66. The van der Waals surface area contributed by atoms with E-state index >= 15 is 0 Å². The summed E-state index contributed by atoms with van der Waals surface area (Å²) in [6.07, 6.45) is 0.736. The molecule has 0 bridgehead atoms. The van der Waals surface area contributed by atoms with Gasteiger partial charge >= 0.3 is 0 Å². The van der Waals surface area contributed by atoms with Gasteiger partial charge in [-0.1, -0.05) is 6.07 Å². The minimum atomic E-state index is -3.39. The number of rotatable bonds is 5. The molecule has 104 valence electrons. The lowest BCUT2D eigenvalue weighted by Crippen LogP contribution is -2.35. The molecule has 0 aromatic carbocycles. The standard InChI is InChI=1S/C12H14BrNO2S3/c1-9(8-10-4-3-7-17-10)14(2)19(15,16)12-6-5-11(13)18-12/h3-7,9H,8H2,1-2H3. The Balaban J connectivity index is 2.16. The van der Waals surface area contributed by atoms with Crippen molar-refractivity contribution >= 4 is 48.6 Å². The van der Waals surface area contributed by atoms with E-state index in [1.165, 1.54) is 20.5 Å². The van der Waals surface area contributed by atoms with Crippen molar-refractivity contribution in [3.05, 3.63) is 38.3 Å². The van der Waals surface area contributed by atoms with Crippen molar-refractivity contribution in [3.63, 3.8) is 0 Å². The van der Waals surface area contributed by atoms with Crippen LogP contribution >= 0.6 is 38.6 Å². The molecule has 0 N–H and O–H groups in total. The van der Waals surface area contributed by atoms with E-state index in [4.69, 9.17) is 0 Å². The average molecular weight is 380 g/mol. The Bertz CT molecular complexity index is 634. The summed E-state index contributed by atoms with van der Waals surface area (Å²) < 4.78 is 27.5. The first-order valence-corrected chi connectivity index (χ1v) is 9.60. The first kappa shape index (κ1) is 15.2. The molecule has 1 atom stereocenters. The molecule has 2 heterocycles. The second-order valence-corrected chi connectivity index (χ2v) is 9.93. The van der Waals surface area contributed by atoms with Gasteiger partial charge in [0, 0.05) is 18.0 Å². The topological polar surface area (TPSA) is 37.4 Å². The number of likely N-dealkylation sites (N-methyl/N-ethyl adjacent to an activating group) is 1. The molecule has 2 rings (SSSR count). The van der Waals surface area contributed by atoms with Crippen LogP contribution in [0, 0.1) is 0 Å². The summed E-state index contributed by atoms with van der Waals surface area (Å²) in [4.78, 5) is 1.20. The average Bonchev–Trinajstić information content (AvgIpc) is 2.99. The molecule has 0 amide bonds. The minimum Gasteiger partial charge on any atom is -0.206 e. The highest BCUT2D eigenvalue weighted by Crippen LogP contribution is 2.29. The van der Waals surface area contributed by atoms with E-state index in [0.29, 0.717) is 4.21 Å². The molecular formula is C12H14BrNO2S3. The quantitative estimate of drug-likeness (QED) is 0.791. The van der Waals surface area contributed by atoms with Crippen molar-refractivity contribution in [2.24, 2.45) is 0 Å². The van der Waals surface area contributed by atoms with Gasteiger partial charge in [-0.3, -0.25) is 0 Å². The molecule has 0 radical (unpaired) electrons. The van der Waals surface area contributed by atoms with Gasteiger partial charge in [0.2, 0.25) is 0 Å². The van der Waals surface area contributed by atoms with Gasteiger partial charge in [0.1, 0.15) is 4.21 Å². The van der Waals surface area contributed by atoms with Crippen LogP contribution in [0.4, 0.5) is 0 Å². The van der Waals surface area contributed by atoms with Crippen molar-refractivity contribution in [1.29, 1.82) is 0 Å². The fourth-order valence-corrected chi connectivity index (χ4v) is 6.05. The Morgan fingerprint density at radius 3 is 2.63 bits per heavy atom. The van der Waals surface area contributed by atoms with Crippen LogP contribution in [-0.2, 0) is 16.4 Å². The molecule has 7 heteroatoms. The van der Waals surface area contributed by atoms with Crippen LogP contribution in [0.3, 0.4) is 0 Å². The van der Waals surface area contributed by atoms with Gasteiger partial charge in [0.15, 0.2) is 0 Å². The SMILES string of the molecule is CC(Cc1cccs1)N(C)S(=O)(=O)c1ccc(Br)s1. The summed E-state index contributed by atoms with van der Waals surface area (Å²) in [6, 6.07) is 7.35. The van der Waals surface area contributed by atoms with Gasteiger partial charge in [-0.25, -0.2) is 8.42 Å². The highest BCUT2D eigenvalue weighted by molar-refractivity contribution is 9.11. The zero-order valence-corrected chi connectivity index (χ0v) is 14.6. The van der Waals surface area contributed by atoms with Crippen molar-refractivity contribution in [2.75, 3.05) is 7.05 Å². The summed E-state index contributed by atoms with van der Waals surface area (Å²) in [5.74, 6) is 0. The predicted molar refractivity (Wildman–Crippen MR) is 84.5 cm³/mol. The van der Waals surface area contributed by atoms with Crippen LogP contribution in [0.2, 0.25) is 0 Å². The molecule has 1 unspecified atom stereocenters. The Morgan fingerprint density at radius 1 is 1.37 bits per heavy atom. The smallest absolute Gasteiger partial charge is 0.206 e. The van der Waals surface area contributed by atoms with E-state index in [1.807, 2.05) is 24.4 Å². The number of sulfonamides is 1. The third-order valence-corrected chi connectivity index (χ3v) is 7.84. The first-order valence-electron chi connectivity index (χ1n) is 5.67. The van der Waals surface area contributed by atoms with E-state index in [1.54, 1.807) is 30.5 Å². The number of halogens is 1. The van der Waals surface area contributed by atoms with Crippen LogP contribution in [0.1, 0.15) is 11.8 Å². The Labute approximate surface area is 130 Å². The highest BCUT2D eigenvalue weighted by atomic mass is 79.9. The summed E-state index contributed by atoms with van der Waals surface area (Å²) in [5.41, 5.74) is 0. The van der Waals surface area contributed by atoms with Gasteiger partial charge in [-0.05, 0) is 52.9 Å². The predicted octanol–water partition coefficient (Wildman–Crippen LogP) is 3.82. The molecule has 0 aliphatic carbocycles. The third-order valence-electron chi connectivity index (χ3n) is 2.88. The molecule has 0 saturated heterocycles. The van der Waals surface area contributed by atoms with Crippen molar-refractivity contribution in [3.8, 4) is 0 Å². The Morgan fingerprint density at radius 2 is 2.11 bits per heavy atom. The van der Waals surface area contributed by atoms with E-state index in [-0.39, 0.29) is 6.04 Å². The van der Waals surface area contributed by atoms with E-state index in [2.05, 4.69) is 15.9 Å². The second-order valence-electron chi connectivity index (χ2n) is 4.21. The van der Waals surface area contributed by atoms with Crippen molar-refractivity contribution < 1.29 is 8.42 Å². The number of thiophene rings is 2. The maximum absolute atomic E-state index is 12.4. The van der Waals surface area contributed by atoms with Crippen LogP contribution in [0.5, 0.6) is 0 Å². The van der Waals surface area contributed by atoms with Gasteiger partial charge in [-0.2, -0.15) is 4.31 Å². The van der Waals surface area contributed by atoms with Crippen molar-refractivity contribution in [1.82, 2.24) is 4.31 Å². The molecule has 2 aromatic rings. The number of hydrogen-bond donors (Lipinski definition) is 0. The number of hydrogen-bond acceptors (Lipinski definition) is 4. The minimum absolute atomic E-state index is 0.0653. The Hall–Kier alpha value is -0.210. The maximum atomic E-state index is 12.4. The van der Waals surface area contributed by atoms with Crippen LogP contribution in [0.15, 0.2) is 37.6 Å². The monoisotopic (exact) mass is 379 g/mol. The summed E-state index contributed by atoms with van der Waals surface area (Å²) in [6.45, 7) is 1.93. The lowest BCUT2D eigenvalue weighted by Gasteiger charge is -2.23. The van der Waals surface area contributed by atoms with Crippen LogP contribution in [-0.4, -0.2) is 25.8 Å². The maximum Gasteiger partial charge on any atom is 0.252 e. The van der Waals surface area contributed by atoms with Gasteiger partial charge in [-0.15, -0.1) is 22.7 Å². The summed E-state index contributed by atoms with van der Waals surface area (Å²) in [5, 5.41) is 2.01. The molecule has 19 heavy (non-hydrogen) atoms. The number of nitrogens with zero attached hydrogens (tertiary/aromatic N) is 1. The fraction of sp³-hybridized carbons (Fsp3) is 0.333. The molecule has 0 spiro atoms. The van der Waals surface area contributed by atoms with E-state index < -0.39 is 10.0 Å². The van der Waals surface area contributed by atoms with Crippen molar-refractivity contribution in [2.45, 2.75) is 23.6 Å². The normalized spacial score (nSPS) is 13.9. The van der Waals surface area contributed by atoms with Gasteiger partial charge < -0.3 is 0 Å². The van der Waals surface area contributed by atoms with Crippen LogP contribution < -0.4 is 0 Å². The summed E-state index contributed by atoms with van der Waals surface area (Å²) in [7, 11) is -1.75. The second kappa shape index (κ2) is 6.05. The molecule has 0 saturated carbocycles. The van der Waals surface area contributed by atoms with E-state index in [0.717, 1.165) is 10.2 Å². The molecule has 3 nitrogen and oxygen atoms in total. The lowest BCUT2D eigenvalue weighted by atomic mass is 10.2. The Kier molecular flexibility index (Phi) is 4.84. The molecular weight excluding hydrogens is 366 g/mol. The summed E-state index contributed by atoms with van der Waals surface area (Å²) >= 11 is 6.19. The first-order chi connectivity index (χ1) is 8.91. The molecule has 2 aromatic heterocycles.